The summed E-state index contributed by atoms with van der Waals surface area (Å²) in [5.74, 6) is 2.37. The lowest BCUT2D eigenvalue weighted by atomic mass is 9.79. The maximum atomic E-state index is 10.4. The Morgan fingerprint density at radius 1 is 1.15 bits per heavy atom. The van der Waals surface area contributed by atoms with Crippen LogP contribution in [0, 0.1) is 11.8 Å². The standard InChI is InChI=1S/C18H27NO/c1-13-10-16(13)12-19(2)17-11-15(8-9-18(17)20)14-6-4-3-5-7-14/h3-7,13,15-18,20H,8-12H2,1-2H3. The van der Waals surface area contributed by atoms with E-state index in [-0.39, 0.29) is 6.10 Å². The fourth-order valence-corrected chi connectivity index (χ4v) is 3.79. The van der Waals surface area contributed by atoms with Crippen molar-refractivity contribution in [1.29, 1.82) is 0 Å². The van der Waals surface area contributed by atoms with Crippen molar-refractivity contribution in [3.05, 3.63) is 35.9 Å². The van der Waals surface area contributed by atoms with Gasteiger partial charge in [-0.1, -0.05) is 37.3 Å². The lowest BCUT2D eigenvalue weighted by Crippen LogP contribution is -2.45. The molecule has 2 saturated carbocycles. The summed E-state index contributed by atoms with van der Waals surface area (Å²) in [7, 11) is 2.20. The van der Waals surface area contributed by atoms with Crippen molar-refractivity contribution >= 4 is 0 Å². The molecule has 5 unspecified atom stereocenters. The Morgan fingerprint density at radius 2 is 1.85 bits per heavy atom. The SMILES string of the molecule is CC1CC1CN(C)C1CC(c2ccccc2)CCC1O. The first kappa shape index (κ1) is 14.1. The van der Waals surface area contributed by atoms with Gasteiger partial charge in [-0.25, -0.2) is 0 Å². The third kappa shape index (κ3) is 3.07. The van der Waals surface area contributed by atoms with E-state index in [1.807, 2.05) is 0 Å². The Morgan fingerprint density at radius 3 is 2.50 bits per heavy atom. The van der Waals surface area contributed by atoms with Crippen molar-refractivity contribution in [2.24, 2.45) is 11.8 Å². The Kier molecular flexibility index (Phi) is 4.13. The third-order valence-corrected chi connectivity index (χ3v) is 5.42. The van der Waals surface area contributed by atoms with Crippen molar-refractivity contribution in [2.45, 2.75) is 50.7 Å². The largest absolute Gasteiger partial charge is 0.391 e. The molecule has 0 heterocycles. The number of nitrogens with zero attached hydrogens (tertiary/aromatic N) is 1. The fourth-order valence-electron chi connectivity index (χ4n) is 3.79. The molecule has 2 nitrogen and oxygen atoms in total. The lowest BCUT2D eigenvalue weighted by Gasteiger charge is -2.39. The van der Waals surface area contributed by atoms with Gasteiger partial charge in [-0.05, 0) is 56.0 Å². The van der Waals surface area contributed by atoms with Gasteiger partial charge in [0.15, 0.2) is 0 Å². The number of benzene rings is 1. The first-order valence-electron chi connectivity index (χ1n) is 8.08. The van der Waals surface area contributed by atoms with E-state index in [1.165, 1.54) is 12.0 Å². The van der Waals surface area contributed by atoms with E-state index >= 15 is 0 Å². The van der Waals surface area contributed by atoms with Crippen LogP contribution in [-0.2, 0) is 0 Å². The molecule has 2 fully saturated rings. The molecule has 1 aromatic rings. The predicted molar refractivity (Wildman–Crippen MR) is 82.7 cm³/mol. The van der Waals surface area contributed by atoms with Gasteiger partial charge in [0.05, 0.1) is 6.10 Å². The zero-order valence-corrected chi connectivity index (χ0v) is 12.7. The molecule has 1 N–H and O–H groups in total. The van der Waals surface area contributed by atoms with Crippen LogP contribution in [0.25, 0.3) is 0 Å². The Labute approximate surface area is 122 Å². The number of hydrogen-bond acceptors (Lipinski definition) is 2. The molecule has 0 bridgehead atoms. The van der Waals surface area contributed by atoms with Gasteiger partial charge in [0, 0.05) is 12.6 Å². The quantitative estimate of drug-likeness (QED) is 0.910. The molecule has 0 aromatic heterocycles. The van der Waals surface area contributed by atoms with Crippen LogP contribution in [0.3, 0.4) is 0 Å². The van der Waals surface area contributed by atoms with Crippen molar-refractivity contribution in [3.63, 3.8) is 0 Å². The number of aliphatic hydroxyl groups is 1. The molecule has 2 heteroatoms. The van der Waals surface area contributed by atoms with Crippen LogP contribution in [-0.4, -0.2) is 35.7 Å². The molecule has 3 rings (SSSR count). The first-order valence-corrected chi connectivity index (χ1v) is 8.08. The number of aliphatic hydroxyl groups excluding tert-OH is 1. The highest BCUT2D eigenvalue weighted by atomic mass is 16.3. The minimum Gasteiger partial charge on any atom is -0.391 e. The molecular weight excluding hydrogens is 246 g/mol. The van der Waals surface area contributed by atoms with Crippen molar-refractivity contribution in [1.82, 2.24) is 4.90 Å². The molecule has 110 valence electrons. The van der Waals surface area contributed by atoms with Gasteiger partial charge in [-0.15, -0.1) is 0 Å². The molecule has 2 aliphatic rings. The average molecular weight is 273 g/mol. The molecule has 5 atom stereocenters. The van der Waals surface area contributed by atoms with Crippen LogP contribution in [0.15, 0.2) is 30.3 Å². The summed E-state index contributed by atoms with van der Waals surface area (Å²) in [5, 5.41) is 10.4. The van der Waals surface area contributed by atoms with E-state index in [4.69, 9.17) is 0 Å². The minimum atomic E-state index is -0.144. The van der Waals surface area contributed by atoms with Crippen molar-refractivity contribution in [3.8, 4) is 0 Å². The highest BCUT2D eigenvalue weighted by Crippen LogP contribution is 2.40. The monoisotopic (exact) mass is 273 g/mol. The highest BCUT2D eigenvalue weighted by Gasteiger charge is 2.38. The summed E-state index contributed by atoms with van der Waals surface area (Å²) in [4.78, 5) is 2.42. The highest BCUT2D eigenvalue weighted by molar-refractivity contribution is 5.20. The van der Waals surface area contributed by atoms with Crippen LogP contribution in [0.5, 0.6) is 0 Å². The van der Waals surface area contributed by atoms with Gasteiger partial charge in [0.1, 0.15) is 0 Å². The molecule has 0 saturated heterocycles. The van der Waals surface area contributed by atoms with Gasteiger partial charge in [-0.2, -0.15) is 0 Å². The van der Waals surface area contributed by atoms with Crippen LogP contribution in [0.2, 0.25) is 0 Å². The molecule has 0 aliphatic heterocycles. The second-order valence-electron chi connectivity index (χ2n) is 6.97. The van der Waals surface area contributed by atoms with Gasteiger partial charge in [0.2, 0.25) is 0 Å². The third-order valence-electron chi connectivity index (χ3n) is 5.42. The zero-order valence-electron chi connectivity index (χ0n) is 12.7. The van der Waals surface area contributed by atoms with E-state index in [9.17, 15) is 5.11 Å². The second-order valence-corrected chi connectivity index (χ2v) is 6.97. The molecule has 20 heavy (non-hydrogen) atoms. The predicted octanol–water partition coefficient (Wildman–Crippen LogP) is 3.27. The van der Waals surface area contributed by atoms with Gasteiger partial charge >= 0.3 is 0 Å². The summed E-state index contributed by atoms with van der Waals surface area (Å²) >= 11 is 0. The number of hydrogen-bond donors (Lipinski definition) is 1. The van der Waals surface area contributed by atoms with Crippen LogP contribution in [0.1, 0.15) is 44.1 Å². The average Bonchev–Trinajstić information content (AvgIpc) is 3.15. The fraction of sp³-hybridized carbons (Fsp3) is 0.667. The molecule has 0 spiro atoms. The Balaban J connectivity index is 1.64. The normalized spacial score (nSPS) is 37.1. The van der Waals surface area contributed by atoms with E-state index in [1.54, 1.807) is 0 Å². The van der Waals surface area contributed by atoms with Crippen LogP contribution >= 0.6 is 0 Å². The summed E-state index contributed by atoms with van der Waals surface area (Å²) in [6.45, 7) is 3.49. The van der Waals surface area contributed by atoms with Crippen molar-refractivity contribution < 1.29 is 5.11 Å². The Bertz CT molecular complexity index is 432. The Hall–Kier alpha value is -0.860. The van der Waals surface area contributed by atoms with Gasteiger partial charge in [0.25, 0.3) is 0 Å². The molecule has 0 radical (unpaired) electrons. The molecule has 2 aliphatic carbocycles. The second kappa shape index (κ2) is 5.87. The number of likely N-dealkylation sites (N-methyl/N-ethyl adjacent to an activating group) is 1. The first-order chi connectivity index (χ1) is 9.65. The van der Waals surface area contributed by atoms with Crippen LogP contribution in [0.4, 0.5) is 0 Å². The van der Waals surface area contributed by atoms with E-state index < -0.39 is 0 Å². The summed E-state index contributed by atoms with van der Waals surface area (Å²) in [6.07, 6.45) is 4.39. The summed E-state index contributed by atoms with van der Waals surface area (Å²) in [6, 6.07) is 11.2. The minimum absolute atomic E-state index is 0.144. The van der Waals surface area contributed by atoms with Gasteiger partial charge in [-0.3, -0.25) is 0 Å². The van der Waals surface area contributed by atoms with E-state index in [0.29, 0.717) is 12.0 Å². The molecular formula is C18H27NO. The van der Waals surface area contributed by atoms with Crippen LogP contribution < -0.4 is 0 Å². The zero-order chi connectivity index (χ0) is 14.1. The lowest BCUT2D eigenvalue weighted by molar-refractivity contribution is 0.0232. The van der Waals surface area contributed by atoms with E-state index in [2.05, 4.69) is 49.2 Å². The topological polar surface area (TPSA) is 23.5 Å². The van der Waals surface area contributed by atoms with E-state index in [0.717, 1.165) is 37.6 Å². The summed E-state index contributed by atoms with van der Waals surface area (Å²) in [5.41, 5.74) is 1.44. The van der Waals surface area contributed by atoms with Crippen molar-refractivity contribution in [2.75, 3.05) is 13.6 Å². The maximum absolute atomic E-state index is 10.4. The maximum Gasteiger partial charge on any atom is 0.0695 e. The molecule has 0 amide bonds. The summed E-state index contributed by atoms with van der Waals surface area (Å²) < 4.78 is 0. The van der Waals surface area contributed by atoms with Gasteiger partial charge < -0.3 is 10.0 Å². The number of rotatable bonds is 4. The molecule has 1 aromatic carbocycles. The smallest absolute Gasteiger partial charge is 0.0695 e.